The lowest BCUT2D eigenvalue weighted by Gasteiger charge is -2.18. The summed E-state index contributed by atoms with van der Waals surface area (Å²) in [5, 5.41) is 9.05. The van der Waals surface area contributed by atoms with Crippen molar-refractivity contribution >= 4 is 0 Å². The molecule has 1 heteroatoms. The van der Waals surface area contributed by atoms with E-state index in [9.17, 15) is 0 Å². The zero-order valence-corrected chi connectivity index (χ0v) is 7.68. The third kappa shape index (κ3) is 1.35. The number of hydrogen-bond acceptors (Lipinski definition) is 1. The second-order valence-corrected chi connectivity index (χ2v) is 4.46. The molecule has 0 unspecified atom stereocenters. The second kappa shape index (κ2) is 3.09. The standard InChI is InChI=1S/C11H17N/c12-9-11(7-8-11)10-5-3-1-2-4-6-10/h10H,1-8H2. The van der Waals surface area contributed by atoms with Gasteiger partial charge in [0.25, 0.3) is 0 Å². The van der Waals surface area contributed by atoms with Crippen LogP contribution in [0.4, 0.5) is 0 Å². The number of nitrogens with zero attached hydrogens (tertiary/aromatic N) is 1. The van der Waals surface area contributed by atoms with Crippen LogP contribution in [0.3, 0.4) is 0 Å². The van der Waals surface area contributed by atoms with Gasteiger partial charge in [0.1, 0.15) is 0 Å². The summed E-state index contributed by atoms with van der Waals surface area (Å²) in [7, 11) is 0. The van der Waals surface area contributed by atoms with Crippen molar-refractivity contribution in [3.05, 3.63) is 0 Å². The maximum absolute atomic E-state index is 9.05. The van der Waals surface area contributed by atoms with Crippen LogP contribution >= 0.6 is 0 Å². The minimum atomic E-state index is 0.157. The monoisotopic (exact) mass is 163 g/mol. The lowest BCUT2D eigenvalue weighted by molar-refractivity contribution is 0.340. The molecular formula is C11H17N. The quantitative estimate of drug-likeness (QED) is 0.544. The molecule has 2 fully saturated rings. The Hall–Kier alpha value is -0.510. The van der Waals surface area contributed by atoms with Crippen molar-refractivity contribution < 1.29 is 0 Å². The molecule has 2 saturated carbocycles. The maximum Gasteiger partial charge on any atom is 0.0692 e. The lowest BCUT2D eigenvalue weighted by atomic mass is 9.84. The zero-order chi connectivity index (χ0) is 8.44. The van der Waals surface area contributed by atoms with Gasteiger partial charge in [-0.15, -0.1) is 0 Å². The van der Waals surface area contributed by atoms with Crippen LogP contribution < -0.4 is 0 Å². The van der Waals surface area contributed by atoms with Crippen LogP contribution in [0, 0.1) is 22.7 Å². The summed E-state index contributed by atoms with van der Waals surface area (Å²) < 4.78 is 0. The lowest BCUT2D eigenvalue weighted by Crippen LogP contribution is -2.13. The van der Waals surface area contributed by atoms with Crippen LogP contribution in [0.1, 0.15) is 51.4 Å². The molecule has 0 aromatic heterocycles. The molecule has 0 aliphatic heterocycles. The van der Waals surface area contributed by atoms with Gasteiger partial charge < -0.3 is 0 Å². The highest BCUT2D eigenvalue weighted by atomic mass is 14.5. The summed E-state index contributed by atoms with van der Waals surface area (Å²) >= 11 is 0. The summed E-state index contributed by atoms with van der Waals surface area (Å²) in [6, 6.07) is 2.55. The Balaban J connectivity index is 1.98. The Labute approximate surface area is 74.8 Å². The minimum absolute atomic E-state index is 0.157. The highest BCUT2D eigenvalue weighted by molar-refractivity contribution is 5.13. The molecule has 12 heavy (non-hydrogen) atoms. The molecule has 0 radical (unpaired) electrons. The summed E-state index contributed by atoms with van der Waals surface area (Å²) in [6.07, 6.45) is 10.6. The van der Waals surface area contributed by atoms with Crippen molar-refractivity contribution in [2.45, 2.75) is 51.4 Å². The molecule has 0 aromatic rings. The predicted octanol–water partition coefficient (Wildman–Crippen LogP) is 3.26. The fourth-order valence-corrected chi connectivity index (χ4v) is 2.58. The average molecular weight is 163 g/mol. The summed E-state index contributed by atoms with van der Waals surface area (Å²) in [6.45, 7) is 0. The van der Waals surface area contributed by atoms with Crippen molar-refractivity contribution in [2.75, 3.05) is 0 Å². The van der Waals surface area contributed by atoms with E-state index in [1.807, 2.05) is 0 Å². The maximum atomic E-state index is 9.05. The van der Waals surface area contributed by atoms with Crippen LogP contribution in [-0.2, 0) is 0 Å². The van der Waals surface area contributed by atoms with E-state index in [0.29, 0.717) is 0 Å². The topological polar surface area (TPSA) is 23.8 Å². The minimum Gasteiger partial charge on any atom is -0.198 e. The molecule has 1 nitrogen and oxygen atoms in total. The van der Waals surface area contributed by atoms with E-state index >= 15 is 0 Å². The van der Waals surface area contributed by atoms with Crippen molar-refractivity contribution in [3.63, 3.8) is 0 Å². The third-order valence-electron chi connectivity index (χ3n) is 3.65. The molecule has 2 aliphatic rings. The Morgan fingerprint density at radius 3 is 2.00 bits per heavy atom. The van der Waals surface area contributed by atoms with Crippen molar-refractivity contribution in [2.24, 2.45) is 11.3 Å². The molecule has 2 rings (SSSR count). The molecule has 0 heterocycles. The van der Waals surface area contributed by atoms with Gasteiger partial charge in [-0.3, -0.25) is 0 Å². The first-order valence-electron chi connectivity index (χ1n) is 5.29. The first-order valence-corrected chi connectivity index (χ1v) is 5.29. The van der Waals surface area contributed by atoms with Crippen LogP contribution in [0.2, 0.25) is 0 Å². The Morgan fingerprint density at radius 1 is 1.00 bits per heavy atom. The first-order chi connectivity index (χ1) is 5.87. The van der Waals surface area contributed by atoms with Gasteiger partial charge in [0.2, 0.25) is 0 Å². The van der Waals surface area contributed by atoms with Gasteiger partial charge in [-0.1, -0.05) is 25.7 Å². The highest BCUT2D eigenvalue weighted by Crippen LogP contribution is 2.55. The Morgan fingerprint density at radius 2 is 1.58 bits per heavy atom. The molecule has 0 N–H and O–H groups in total. The van der Waals surface area contributed by atoms with E-state index in [-0.39, 0.29) is 5.41 Å². The van der Waals surface area contributed by atoms with Gasteiger partial charge in [-0.05, 0) is 31.6 Å². The zero-order valence-electron chi connectivity index (χ0n) is 7.68. The SMILES string of the molecule is N#CC1(C2CCCCCC2)CC1. The van der Waals surface area contributed by atoms with E-state index in [1.54, 1.807) is 0 Å². The smallest absolute Gasteiger partial charge is 0.0692 e. The molecule has 0 atom stereocenters. The van der Waals surface area contributed by atoms with E-state index in [1.165, 1.54) is 51.4 Å². The molecular weight excluding hydrogens is 146 g/mol. The molecule has 66 valence electrons. The second-order valence-electron chi connectivity index (χ2n) is 4.46. The van der Waals surface area contributed by atoms with Crippen molar-refractivity contribution in [1.29, 1.82) is 5.26 Å². The van der Waals surface area contributed by atoms with Gasteiger partial charge in [-0.2, -0.15) is 5.26 Å². The average Bonchev–Trinajstić information content (AvgIpc) is 2.90. The summed E-state index contributed by atoms with van der Waals surface area (Å²) in [4.78, 5) is 0. The van der Waals surface area contributed by atoms with Crippen LogP contribution in [0.25, 0.3) is 0 Å². The molecule has 0 saturated heterocycles. The molecule has 0 spiro atoms. The fraction of sp³-hybridized carbons (Fsp3) is 0.909. The Kier molecular flexibility index (Phi) is 2.09. The van der Waals surface area contributed by atoms with E-state index in [0.717, 1.165) is 5.92 Å². The number of nitriles is 1. The summed E-state index contributed by atoms with van der Waals surface area (Å²) in [5.41, 5.74) is 0.157. The number of hydrogen-bond donors (Lipinski definition) is 0. The van der Waals surface area contributed by atoms with E-state index in [4.69, 9.17) is 5.26 Å². The number of rotatable bonds is 1. The van der Waals surface area contributed by atoms with Crippen LogP contribution in [0.15, 0.2) is 0 Å². The fourth-order valence-electron chi connectivity index (χ4n) is 2.58. The molecule has 0 amide bonds. The Bertz CT molecular complexity index is 190. The van der Waals surface area contributed by atoms with Crippen molar-refractivity contribution in [3.8, 4) is 6.07 Å². The van der Waals surface area contributed by atoms with Gasteiger partial charge >= 0.3 is 0 Å². The molecule has 0 aromatic carbocycles. The van der Waals surface area contributed by atoms with Crippen LogP contribution in [0.5, 0.6) is 0 Å². The highest BCUT2D eigenvalue weighted by Gasteiger charge is 2.49. The normalized spacial score (nSPS) is 28.9. The molecule has 0 bridgehead atoms. The predicted molar refractivity (Wildman–Crippen MR) is 48.5 cm³/mol. The van der Waals surface area contributed by atoms with Gasteiger partial charge in [0, 0.05) is 0 Å². The van der Waals surface area contributed by atoms with E-state index in [2.05, 4.69) is 6.07 Å². The van der Waals surface area contributed by atoms with Crippen molar-refractivity contribution in [1.82, 2.24) is 0 Å². The van der Waals surface area contributed by atoms with E-state index < -0.39 is 0 Å². The third-order valence-corrected chi connectivity index (χ3v) is 3.65. The summed E-state index contributed by atoms with van der Waals surface area (Å²) in [5.74, 6) is 0.755. The van der Waals surface area contributed by atoms with Gasteiger partial charge in [0.05, 0.1) is 11.5 Å². The van der Waals surface area contributed by atoms with Gasteiger partial charge in [0.15, 0.2) is 0 Å². The molecule has 2 aliphatic carbocycles. The largest absolute Gasteiger partial charge is 0.198 e. The first kappa shape index (κ1) is 8.10. The van der Waals surface area contributed by atoms with Gasteiger partial charge in [-0.25, -0.2) is 0 Å². The van der Waals surface area contributed by atoms with Crippen LogP contribution in [-0.4, -0.2) is 0 Å².